The van der Waals surface area contributed by atoms with Crippen molar-refractivity contribution >= 4 is 50.6 Å². The quantitative estimate of drug-likeness (QED) is 0.261. The van der Waals surface area contributed by atoms with Gasteiger partial charge < -0.3 is 10.2 Å². The first-order valence-electron chi connectivity index (χ1n) is 14.3. The van der Waals surface area contributed by atoms with Crippen LogP contribution in [0.1, 0.15) is 56.3 Å². The van der Waals surface area contributed by atoms with Gasteiger partial charge in [-0.25, -0.2) is 18.1 Å². The minimum Gasteiger partial charge on any atom is -0.339 e. The second-order valence-corrected chi connectivity index (χ2v) is 13.0. The molecular weight excluding hydrogens is 616 g/mol. The number of aromatic nitrogens is 5. The predicted octanol–water partition coefficient (Wildman–Crippen LogP) is 4.62. The molecule has 2 aromatic carbocycles. The van der Waals surface area contributed by atoms with Gasteiger partial charge in [0.2, 0.25) is 0 Å². The minimum absolute atomic E-state index is 0.0622. The Morgan fingerprint density at radius 2 is 1.64 bits per heavy atom. The number of carbonyl (C=O) groups excluding carboxylic acids is 2. The molecule has 232 valence electrons. The van der Waals surface area contributed by atoms with Gasteiger partial charge in [0.05, 0.1) is 11.9 Å². The van der Waals surface area contributed by atoms with Crippen LogP contribution in [0.15, 0.2) is 71.9 Å². The lowest BCUT2D eigenvalue weighted by Crippen LogP contribution is -2.38. The number of nitrogens with zero attached hydrogens (tertiary/aromatic N) is 6. The molecule has 3 aromatic heterocycles. The maximum Gasteiger partial charge on any atom is 0.270 e. The standard InChI is InChI=1S/C31H31ClN8O4S/c1-19-9-7-8-12-25(19)35-29-24(31(42)39-15-13-22(14-16-39)21-10-5-4-6-11-21)17-33-28-23(18-34-40(28)29)30(41)37-45(43,44)26-20(2)36-38(3)27(26)32/h4-12,17-18,22,35H,13-16H2,1-3H3,(H,37,41). The van der Waals surface area contributed by atoms with Crippen molar-refractivity contribution in [2.75, 3.05) is 18.4 Å². The number of carbonyl (C=O) groups is 2. The van der Waals surface area contributed by atoms with E-state index in [-0.39, 0.29) is 38.4 Å². The number of rotatable bonds is 7. The van der Waals surface area contributed by atoms with E-state index >= 15 is 0 Å². The summed E-state index contributed by atoms with van der Waals surface area (Å²) >= 11 is 6.16. The molecule has 4 heterocycles. The van der Waals surface area contributed by atoms with Crippen LogP contribution in [0, 0.1) is 13.8 Å². The van der Waals surface area contributed by atoms with Crippen LogP contribution in [-0.4, -0.2) is 62.6 Å². The van der Waals surface area contributed by atoms with E-state index in [9.17, 15) is 18.0 Å². The molecule has 45 heavy (non-hydrogen) atoms. The first-order chi connectivity index (χ1) is 21.5. The number of hydrogen-bond acceptors (Lipinski definition) is 8. The van der Waals surface area contributed by atoms with Crippen molar-refractivity contribution in [3.8, 4) is 0 Å². The molecule has 12 nitrogen and oxygen atoms in total. The zero-order chi connectivity index (χ0) is 31.9. The van der Waals surface area contributed by atoms with Crippen molar-refractivity contribution in [3.05, 3.63) is 100 Å². The fraction of sp³-hybridized carbons (Fsp3) is 0.258. The van der Waals surface area contributed by atoms with Crippen LogP contribution in [-0.2, 0) is 17.1 Å². The number of halogens is 1. The van der Waals surface area contributed by atoms with E-state index in [0.29, 0.717) is 24.8 Å². The van der Waals surface area contributed by atoms with Crippen LogP contribution in [0.4, 0.5) is 11.5 Å². The van der Waals surface area contributed by atoms with Gasteiger partial charge in [-0.3, -0.25) is 14.3 Å². The highest BCUT2D eigenvalue weighted by atomic mass is 35.5. The number of piperidine rings is 1. The summed E-state index contributed by atoms with van der Waals surface area (Å²) in [5.74, 6) is -0.509. The molecule has 1 saturated heterocycles. The van der Waals surface area contributed by atoms with E-state index in [2.05, 4.69) is 37.4 Å². The molecule has 0 aliphatic carbocycles. The lowest BCUT2D eigenvalue weighted by molar-refractivity contribution is 0.0713. The highest BCUT2D eigenvalue weighted by Gasteiger charge is 2.31. The number of para-hydroxylation sites is 1. The van der Waals surface area contributed by atoms with Gasteiger partial charge in [0.1, 0.15) is 27.0 Å². The Morgan fingerprint density at radius 1 is 0.956 bits per heavy atom. The minimum atomic E-state index is -4.38. The average molecular weight is 647 g/mol. The van der Waals surface area contributed by atoms with Crippen LogP contribution in [0.3, 0.4) is 0 Å². The molecule has 6 rings (SSSR count). The zero-order valence-electron chi connectivity index (χ0n) is 24.9. The fourth-order valence-electron chi connectivity index (χ4n) is 5.66. The third-order valence-corrected chi connectivity index (χ3v) is 10.1. The third-order valence-electron chi connectivity index (χ3n) is 8.05. The predicted molar refractivity (Wildman–Crippen MR) is 169 cm³/mol. The van der Waals surface area contributed by atoms with Crippen molar-refractivity contribution in [2.24, 2.45) is 7.05 Å². The van der Waals surface area contributed by atoms with Crippen LogP contribution >= 0.6 is 11.6 Å². The number of benzene rings is 2. The Kier molecular flexibility index (Phi) is 8.06. The molecule has 0 spiro atoms. The number of sulfonamides is 1. The summed E-state index contributed by atoms with van der Waals surface area (Å²) in [7, 11) is -2.88. The molecule has 1 aliphatic heterocycles. The molecule has 1 fully saturated rings. The lowest BCUT2D eigenvalue weighted by Gasteiger charge is -2.32. The van der Waals surface area contributed by atoms with Crippen molar-refractivity contribution in [2.45, 2.75) is 37.5 Å². The molecule has 0 unspecified atom stereocenters. The van der Waals surface area contributed by atoms with Crippen molar-refractivity contribution in [1.29, 1.82) is 0 Å². The van der Waals surface area contributed by atoms with Gasteiger partial charge in [0, 0.05) is 32.0 Å². The Hall–Kier alpha value is -4.75. The maximum absolute atomic E-state index is 14.0. The van der Waals surface area contributed by atoms with Crippen LogP contribution < -0.4 is 10.0 Å². The number of amides is 2. The fourth-order valence-corrected chi connectivity index (χ4v) is 7.38. The van der Waals surface area contributed by atoms with Crippen molar-refractivity contribution in [1.82, 2.24) is 34.0 Å². The molecule has 1 aliphatic rings. The van der Waals surface area contributed by atoms with Crippen LogP contribution in [0.25, 0.3) is 5.65 Å². The van der Waals surface area contributed by atoms with E-state index in [0.717, 1.165) is 24.1 Å². The number of hydrogen-bond donors (Lipinski definition) is 2. The van der Waals surface area contributed by atoms with Crippen LogP contribution in [0.5, 0.6) is 0 Å². The zero-order valence-corrected chi connectivity index (χ0v) is 26.4. The number of likely N-dealkylation sites (tertiary alicyclic amines) is 1. The Labute approximate surface area is 265 Å². The number of nitrogens with one attached hydrogen (secondary N) is 2. The van der Waals surface area contributed by atoms with E-state index in [4.69, 9.17) is 11.6 Å². The maximum atomic E-state index is 14.0. The SMILES string of the molecule is Cc1ccccc1Nc1c(C(=O)N2CCC(c3ccccc3)CC2)cnc2c(C(=O)NS(=O)(=O)c3c(C)nn(C)c3Cl)cnn12. The molecule has 14 heteroatoms. The first-order valence-corrected chi connectivity index (χ1v) is 16.2. The molecule has 5 aromatic rings. The summed E-state index contributed by atoms with van der Waals surface area (Å²) in [6, 6.07) is 17.8. The molecule has 0 saturated carbocycles. The summed E-state index contributed by atoms with van der Waals surface area (Å²) < 4.78 is 30.9. The summed E-state index contributed by atoms with van der Waals surface area (Å²) in [6.45, 7) is 4.55. The van der Waals surface area contributed by atoms with Gasteiger partial charge in [0.15, 0.2) is 5.65 Å². The highest BCUT2D eigenvalue weighted by molar-refractivity contribution is 7.90. The Morgan fingerprint density at radius 3 is 2.31 bits per heavy atom. The van der Waals surface area contributed by atoms with E-state index in [1.165, 1.54) is 41.1 Å². The van der Waals surface area contributed by atoms with Gasteiger partial charge in [-0.05, 0) is 49.8 Å². The molecule has 0 atom stereocenters. The number of aryl methyl sites for hydroxylation is 3. The lowest BCUT2D eigenvalue weighted by atomic mass is 9.89. The average Bonchev–Trinajstić information content (AvgIpc) is 3.58. The molecular formula is C31H31ClN8O4S. The van der Waals surface area contributed by atoms with Gasteiger partial charge >= 0.3 is 0 Å². The third kappa shape index (κ3) is 5.76. The monoisotopic (exact) mass is 646 g/mol. The molecule has 2 N–H and O–H groups in total. The van der Waals surface area contributed by atoms with Crippen molar-refractivity contribution < 1.29 is 18.0 Å². The second kappa shape index (κ2) is 12.0. The van der Waals surface area contributed by atoms with Crippen LogP contribution in [0.2, 0.25) is 5.15 Å². The molecule has 0 radical (unpaired) electrons. The van der Waals surface area contributed by atoms with Gasteiger partial charge in [0.25, 0.3) is 21.8 Å². The van der Waals surface area contributed by atoms with E-state index in [1.54, 1.807) is 4.90 Å². The van der Waals surface area contributed by atoms with E-state index < -0.39 is 15.9 Å². The molecule has 2 amide bonds. The normalized spacial score (nSPS) is 14.1. The Bertz CT molecular complexity index is 2030. The first kappa shape index (κ1) is 30.3. The van der Waals surface area contributed by atoms with Gasteiger partial charge in [-0.1, -0.05) is 60.1 Å². The smallest absolute Gasteiger partial charge is 0.270 e. The largest absolute Gasteiger partial charge is 0.339 e. The summed E-state index contributed by atoms with van der Waals surface area (Å²) in [5, 5.41) is 11.6. The summed E-state index contributed by atoms with van der Waals surface area (Å²) in [4.78, 5) is 33.2. The summed E-state index contributed by atoms with van der Waals surface area (Å²) in [6.07, 6.45) is 4.27. The van der Waals surface area contributed by atoms with E-state index in [1.807, 2.05) is 49.4 Å². The number of anilines is 2. The Balaban J connectivity index is 1.33. The molecule has 0 bridgehead atoms. The van der Waals surface area contributed by atoms with Gasteiger partial charge in [-0.15, -0.1) is 0 Å². The summed E-state index contributed by atoms with van der Waals surface area (Å²) in [5.41, 5.74) is 3.28. The van der Waals surface area contributed by atoms with Crippen molar-refractivity contribution in [3.63, 3.8) is 0 Å². The highest BCUT2D eigenvalue weighted by Crippen LogP contribution is 2.31. The second-order valence-electron chi connectivity index (χ2n) is 11.0. The number of fused-ring (bicyclic) bond motifs is 1. The topological polar surface area (TPSA) is 144 Å². The van der Waals surface area contributed by atoms with Gasteiger partial charge in [-0.2, -0.15) is 14.7 Å².